The van der Waals surface area contributed by atoms with E-state index in [0.717, 1.165) is 5.56 Å². The summed E-state index contributed by atoms with van der Waals surface area (Å²) in [6.45, 7) is 1.67. The van der Waals surface area contributed by atoms with Gasteiger partial charge in [0.1, 0.15) is 17.9 Å². The van der Waals surface area contributed by atoms with Gasteiger partial charge in [-0.3, -0.25) is 4.98 Å². The molecule has 0 radical (unpaired) electrons. The first kappa shape index (κ1) is 9.98. The van der Waals surface area contributed by atoms with E-state index in [1.807, 2.05) is 0 Å². The van der Waals surface area contributed by atoms with Gasteiger partial charge in [0.15, 0.2) is 0 Å². The maximum Gasteiger partial charge on any atom is 0.342 e. The molecule has 0 amide bonds. The van der Waals surface area contributed by atoms with Crippen LogP contribution in [0.2, 0.25) is 5.02 Å². The van der Waals surface area contributed by atoms with Gasteiger partial charge in [-0.25, -0.2) is 4.79 Å². The number of carbonyl (C=O) groups excluding carboxylic acids is 1. The van der Waals surface area contributed by atoms with Crippen molar-refractivity contribution < 1.29 is 14.6 Å². The number of aliphatic hydroxyl groups excluding tert-OH is 1. The third-order valence-corrected chi connectivity index (χ3v) is 2.46. The van der Waals surface area contributed by atoms with E-state index in [2.05, 4.69) is 4.98 Å². The predicted octanol–water partition coefficient (Wildman–Crippen LogP) is 1.87. The van der Waals surface area contributed by atoms with Crippen molar-refractivity contribution in [2.75, 3.05) is 6.61 Å². The molecular formula is C10H8ClNO3. The Morgan fingerprint density at radius 2 is 2.27 bits per heavy atom. The number of pyridine rings is 1. The van der Waals surface area contributed by atoms with Crippen molar-refractivity contribution in [3.8, 4) is 0 Å². The maximum absolute atomic E-state index is 11.4. The van der Waals surface area contributed by atoms with Crippen LogP contribution >= 0.6 is 11.6 Å². The number of nitrogens with zero attached hydrogens (tertiary/aromatic N) is 1. The van der Waals surface area contributed by atoms with Crippen molar-refractivity contribution in [1.29, 1.82) is 0 Å². The minimum absolute atomic E-state index is 0.0869. The fourth-order valence-electron chi connectivity index (χ4n) is 1.49. The van der Waals surface area contributed by atoms with Crippen LogP contribution in [0.25, 0.3) is 5.57 Å². The third kappa shape index (κ3) is 1.57. The van der Waals surface area contributed by atoms with E-state index in [1.54, 1.807) is 13.1 Å². The Balaban J connectivity index is 2.64. The van der Waals surface area contributed by atoms with Gasteiger partial charge in [-0.2, -0.15) is 0 Å². The van der Waals surface area contributed by atoms with Crippen molar-refractivity contribution in [2.45, 2.75) is 6.92 Å². The Bertz CT molecular complexity index is 447. The van der Waals surface area contributed by atoms with E-state index in [0.29, 0.717) is 10.6 Å². The summed E-state index contributed by atoms with van der Waals surface area (Å²) in [5.41, 5.74) is 1.36. The monoisotopic (exact) mass is 225 g/mol. The second-order valence-electron chi connectivity index (χ2n) is 3.21. The highest BCUT2D eigenvalue weighted by atomic mass is 35.5. The van der Waals surface area contributed by atoms with E-state index in [1.165, 1.54) is 6.20 Å². The average molecular weight is 226 g/mol. The van der Waals surface area contributed by atoms with Gasteiger partial charge < -0.3 is 9.84 Å². The van der Waals surface area contributed by atoms with E-state index in [4.69, 9.17) is 16.3 Å². The molecule has 0 atom stereocenters. The molecule has 0 fully saturated rings. The van der Waals surface area contributed by atoms with Crippen LogP contribution in [0, 0.1) is 6.92 Å². The molecule has 0 aromatic carbocycles. The maximum atomic E-state index is 11.4. The van der Waals surface area contributed by atoms with Crippen molar-refractivity contribution in [3.63, 3.8) is 0 Å². The van der Waals surface area contributed by atoms with E-state index < -0.39 is 5.97 Å². The fraction of sp³-hybridized carbons (Fsp3) is 0.200. The third-order valence-electron chi connectivity index (χ3n) is 2.17. The first-order valence-corrected chi connectivity index (χ1v) is 4.68. The molecule has 2 heterocycles. The summed E-state index contributed by atoms with van der Waals surface area (Å²) in [4.78, 5) is 15.2. The molecule has 0 bridgehead atoms. The Kier molecular flexibility index (Phi) is 2.36. The standard InChI is InChI=1S/C10H8ClNO3/c1-5-2-12-3-6(11)8(5)9-7(13)4-15-10(9)14/h2-3,13H,4H2,1H3. The Morgan fingerprint density at radius 1 is 1.53 bits per heavy atom. The lowest BCUT2D eigenvalue weighted by atomic mass is 10.0. The predicted molar refractivity (Wildman–Crippen MR) is 54.5 cm³/mol. The number of ether oxygens (including phenoxy) is 1. The summed E-state index contributed by atoms with van der Waals surface area (Å²) in [5.74, 6) is -0.639. The molecule has 1 aromatic rings. The van der Waals surface area contributed by atoms with Crippen LogP contribution in [-0.4, -0.2) is 22.7 Å². The molecule has 1 aromatic heterocycles. The minimum Gasteiger partial charge on any atom is -0.508 e. The van der Waals surface area contributed by atoms with Crippen molar-refractivity contribution in [1.82, 2.24) is 4.98 Å². The second kappa shape index (κ2) is 3.55. The molecule has 5 heteroatoms. The molecule has 1 N–H and O–H groups in total. The second-order valence-corrected chi connectivity index (χ2v) is 3.62. The lowest BCUT2D eigenvalue weighted by molar-refractivity contribution is -0.134. The number of halogens is 1. The number of aliphatic hydroxyl groups is 1. The molecule has 4 nitrogen and oxygen atoms in total. The number of cyclic esters (lactones) is 1. The number of hydrogen-bond acceptors (Lipinski definition) is 4. The summed E-state index contributed by atoms with van der Waals surface area (Å²) < 4.78 is 4.70. The van der Waals surface area contributed by atoms with Crippen molar-refractivity contribution in [3.05, 3.63) is 34.3 Å². The van der Waals surface area contributed by atoms with Gasteiger partial charge in [0.05, 0.1) is 5.02 Å². The number of aryl methyl sites for hydroxylation is 1. The van der Waals surface area contributed by atoms with Gasteiger partial charge in [0.25, 0.3) is 0 Å². The van der Waals surface area contributed by atoms with E-state index in [-0.39, 0.29) is 17.9 Å². The topological polar surface area (TPSA) is 59.4 Å². The van der Waals surface area contributed by atoms with Gasteiger partial charge in [-0.1, -0.05) is 11.6 Å². The van der Waals surface area contributed by atoms with Crippen molar-refractivity contribution in [2.24, 2.45) is 0 Å². The SMILES string of the molecule is Cc1cncc(Cl)c1C1=C(O)COC1=O. The molecule has 0 unspecified atom stereocenters. The molecule has 0 saturated heterocycles. The molecule has 0 saturated carbocycles. The Morgan fingerprint density at radius 3 is 2.80 bits per heavy atom. The summed E-state index contributed by atoms with van der Waals surface area (Å²) in [6, 6.07) is 0. The normalized spacial score (nSPS) is 15.7. The van der Waals surface area contributed by atoms with Crippen LogP contribution in [-0.2, 0) is 9.53 Å². The minimum atomic E-state index is -0.552. The van der Waals surface area contributed by atoms with Gasteiger partial charge >= 0.3 is 5.97 Å². The first-order chi connectivity index (χ1) is 7.11. The summed E-state index contributed by atoms with van der Waals surface area (Å²) in [6.07, 6.45) is 3.00. The number of rotatable bonds is 1. The molecule has 1 aliphatic heterocycles. The first-order valence-electron chi connectivity index (χ1n) is 4.31. The molecule has 1 aliphatic rings. The highest BCUT2D eigenvalue weighted by molar-refractivity contribution is 6.35. The highest BCUT2D eigenvalue weighted by Gasteiger charge is 2.28. The Labute approximate surface area is 91.2 Å². The number of hydrogen-bond donors (Lipinski definition) is 1. The molecule has 0 aliphatic carbocycles. The quantitative estimate of drug-likeness (QED) is 0.742. The van der Waals surface area contributed by atoms with E-state index >= 15 is 0 Å². The van der Waals surface area contributed by atoms with Gasteiger partial charge in [0.2, 0.25) is 0 Å². The van der Waals surface area contributed by atoms with Gasteiger partial charge in [-0.05, 0) is 12.5 Å². The van der Waals surface area contributed by atoms with E-state index in [9.17, 15) is 9.90 Å². The van der Waals surface area contributed by atoms with Crippen LogP contribution < -0.4 is 0 Å². The zero-order chi connectivity index (χ0) is 11.0. The molecule has 2 rings (SSSR count). The smallest absolute Gasteiger partial charge is 0.342 e. The number of aromatic nitrogens is 1. The molecule has 0 spiro atoms. The van der Waals surface area contributed by atoms with Crippen LogP contribution in [0.3, 0.4) is 0 Å². The Hall–Kier alpha value is -1.55. The van der Waals surface area contributed by atoms with Crippen molar-refractivity contribution >= 4 is 23.1 Å². The van der Waals surface area contributed by atoms with Crippen LogP contribution in [0.5, 0.6) is 0 Å². The lowest BCUT2D eigenvalue weighted by Crippen LogP contribution is -2.01. The lowest BCUT2D eigenvalue weighted by Gasteiger charge is -2.06. The number of esters is 1. The molecule has 15 heavy (non-hydrogen) atoms. The average Bonchev–Trinajstić information content (AvgIpc) is 2.49. The van der Waals surface area contributed by atoms with Gasteiger partial charge in [-0.15, -0.1) is 0 Å². The van der Waals surface area contributed by atoms with Crippen LogP contribution in [0.4, 0.5) is 0 Å². The summed E-state index contributed by atoms with van der Waals surface area (Å²) in [5, 5.41) is 9.85. The zero-order valence-corrected chi connectivity index (χ0v) is 8.71. The largest absolute Gasteiger partial charge is 0.508 e. The van der Waals surface area contributed by atoms with Crippen LogP contribution in [0.15, 0.2) is 18.2 Å². The van der Waals surface area contributed by atoms with Gasteiger partial charge in [0, 0.05) is 18.0 Å². The van der Waals surface area contributed by atoms with Crippen LogP contribution in [0.1, 0.15) is 11.1 Å². The fourth-order valence-corrected chi connectivity index (χ4v) is 1.79. The molecule has 78 valence electrons. The highest BCUT2D eigenvalue weighted by Crippen LogP contribution is 2.31. The molecular weight excluding hydrogens is 218 g/mol. The zero-order valence-electron chi connectivity index (χ0n) is 7.95. The number of carbonyl (C=O) groups is 1. The summed E-state index contributed by atoms with van der Waals surface area (Å²) >= 11 is 5.92. The summed E-state index contributed by atoms with van der Waals surface area (Å²) in [7, 11) is 0.